The van der Waals surface area contributed by atoms with Crippen molar-refractivity contribution in [1.82, 2.24) is 15.8 Å². The number of hydrogen-bond acceptors (Lipinski definition) is 4. The van der Waals surface area contributed by atoms with Crippen LogP contribution >= 0.6 is 12.4 Å². The van der Waals surface area contributed by atoms with Crippen LogP contribution in [0.1, 0.15) is 68.6 Å². The van der Waals surface area contributed by atoms with Crippen molar-refractivity contribution < 1.29 is 9.32 Å². The maximum atomic E-state index is 12.2. The van der Waals surface area contributed by atoms with Crippen LogP contribution in [0.5, 0.6) is 0 Å². The number of carbonyl (C=O) groups excluding carboxylic acids is 1. The normalized spacial score (nSPS) is 21.9. The van der Waals surface area contributed by atoms with Gasteiger partial charge in [0.2, 0.25) is 5.76 Å². The third kappa shape index (κ3) is 4.45. The van der Waals surface area contributed by atoms with Gasteiger partial charge < -0.3 is 15.2 Å². The van der Waals surface area contributed by atoms with Gasteiger partial charge in [-0.15, -0.1) is 12.4 Å². The summed E-state index contributed by atoms with van der Waals surface area (Å²) >= 11 is 0. The first-order chi connectivity index (χ1) is 9.65. The Morgan fingerprint density at radius 3 is 2.86 bits per heavy atom. The lowest BCUT2D eigenvalue weighted by atomic mass is 9.99. The van der Waals surface area contributed by atoms with Crippen LogP contribution < -0.4 is 10.6 Å². The molecule has 6 heteroatoms. The van der Waals surface area contributed by atoms with Gasteiger partial charge in [0.05, 0.1) is 5.69 Å². The molecule has 1 aliphatic rings. The minimum atomic E-state index is -0.157. The number of nitrogens with zero attached hydrogens (tertiary/aromatic N) is 1. The lowest BCUT2D eigenvalue weighted by molar-refractivity contribution is 0.0882. The van der Waals surface area contributed by atoms with Crippen molar-refractivity contribution in [3.05, 3.63) is 17.5 Å². The first kappa shape index (κ1) is 18.0. The largest absolute Gasteiger partial charge is 0.351 e. The van der Waals surface area contributed by atoms with E-state index in [4.69, 9.17) is 4.52 Å². The maximum Gasteiger partial charge on any atom is 0.290 e. The van der Waals surface area contributed by atoms with Crippen molar-refractivity contribution in [3.63, 3.8) is 0 Å². The van der Waals surface area contributed by atoms with Gasteiger partial charge in [0.1, 0.15) is 0 Å². The first-order valence-corrected chi connectivity index (χ1v) is 7.66. The number of carbonyl (C=O) groups is 1. The number of hydrogen-bond donors (Lipinski definition) is 2. The molecule has 1 aliphatic heterocycles. The average molecular weight is 316 g/mol. The molecule has 0 spiro atoms. The predicted octanol–water partition coefficient (Wildman–Crippen LogP) is 2.87. The van der Waals surface area contributed by atoms with Crippen LogP contribution in [0.3, 0.4) is 0 Å². The fourth-order valence-corrected chi connectivity index (χ4v) is 2.78. The van der Waals surface area contributed by atoms with E-state index in [0.29, 0.717) is 17.7 Å². The molecule has 21 heavy (non-hydrogen) atoms. The topological polar surface area (TPSA) is 67.2 Å². The molecule has 2 N–H and O–H groups in total. The van der Waals surface area contributed by atoms with Gasteiger partial charge >= 0.3 is 0 Å². The fraction of sp³-hybridized carbons (Fsp3) is 0.733. The van der Waals surface area contributed by atoms with E-state index in [1.165, 1.54) is 0 Å². The molecule has 0 radical (unpaired) electrons. The number of halogens is 1. The predicted molar refractivity (Wildman–Crippen MR) is 85.0 cm³/mol. The first-order valence-electron chi connectivity index (χ1n) is 7.66. The Morgan fingerprint density at radius 2 is 2.24 bits per heavy atom. The fourth-order valence-electron chi connectivity index (χ4n) is 2.78. The van der Waals surface area contributed by atoms with Gasteiger partial charge in [-0.25, -0.2) is 0 Å². The molecule has 1 amide bonds. The van der Waals surface area contributed by atoms with Crippen LogP contribution in [0, 0.1) is 0 Å². The molecule has 1 saturated heterocycles. The summed E-state index contributed by atoms with van der Waals surface area (Å²) in [5, 5.41) is 10.4. The van der Waals surface area contributed by atoms with E-state index >= 15 is 0 Å². The molecular formula is C15H26ClN3O2. The molecule has 1 aromatic heterocycles. The summed E-state index contributed by atoms with van der Waals surface area (Å²) in [6, 6.07) is 2.25. The van der Waals surface area contributed by atoms with Crippen molar-refractivity contribution in [2.24, 2.45) is 0 Å². The van der Waals surface area contributed by atoms with Crippen LogP contribution in [0.4, 0.5) is 0 Å². The van der Waals surface area contributed by atoms with E-state index in [2.05, 4.69) is 36.6 Å². The average Bonchev–Trinajstić information content (AvgIpc) is 2.92. The smallest absolute Gasteiger partial charge is 0.290 e. The molecule has 120 valence electrons. The van der Waals surface area contributed by atoms with E-state index in [-0.39, 0.29) is 24.4 Å². The Hall–Kier alpha value is -1.07. The summed E-state index contributed by atoms with van der Waals surface area (Å²) in [6.07, 6.45) is 4.11. The standard InChI is InChI=1S/C15H25N3O2.ClH/c1-4-11(5-2)13-9-14(20-18-13)15(19)17-12-7-6-8-16-10(12)3;/h9-12,16H,4-8H2,1-3H3,(H,17,19);1H. The minimum absolute atomic E-state index is 0. The summed E-state index contributed by atoms with van der Waals surface area (Å²) in [5.74, 6) is 0.538. The highest BCUT2D eigenvalue weighted by Gasteiger charge is 2.25. The molecule has 0 aliphatic carbocycles. The number of aromatic nitrogens is 1. The van der Waals surface area contributed by atoms with Crippen molar-refractivity contribution in [1.29, 1.82) is 0 Å². The SMILES string of the molecule is CCC(CC)c1cc(C(=O)NC2CCCNC2C)on1.Cl. The Morgan fingerprint density at radius 1 is 1.52 bits per heavy atom. The number of nitrogens with one attached hydrogen (secondary N) is 2. The van der Waals surface area contributed by atoms with E-state index in [1.54, 1.807) is 6.07 Å². The lowest BCUT2D eigenvalue weighted by Gasteiger charge is -2.30. The van der Waals surface area contributed by atoms with Crippen LogP contribution in [0.25, 0.3) is 0 Å². The Bertz CT molecular complexity index is 446. The summed E-state index contributed by atoms with van der Waals surface area (Å²) in [6.45, 7) is 7.37. The molecule has 1 fully saturated rings. The quantitative estimate of drug-likeness (QED) is 0.876. The number of amides is 1. The third-order valence-electron chi connectivity index (χ3n) is 4.23. The van der Waals surface area contributed by atoms with Gasteiger partial charge in [-0.2, -0.15) is 0 Å². The van der Waals surface area contributed by atoms with Crippen LogP contribution in [-0.4, -0.2) is 29.7 Å². The zero-order chi connectivity index (χ0) is 14.5. The van der Waals surface area contributed by atoms with Gasteiger partial charge in [0.15, 0.2) is 0 Å². The summed E-state index contributed by atoms with van der Waals surface area (Å²) in [5.41, 5.74) is 0.884. The lowest BCUT2D eigenvalue weighted by Crippen LogP contribution is -2.51. The van der Waals surface area contributed by atoms with Crippen LogP contribution in [-0.2, 0) is 0 Å². The van der Waals surface area contributed by atoms with E-state index in [0.717, 1.165) is 37.9 Å². The van der Waals surface area contributed by atoms with E-state index in [9.17, 15) is 4.79 Å². The molecule has 2 heterocycles. The molecule has 0 bridgehead atoms. The van der Waals surface area contributed by atoms with Crippen LogP contribution in [0.15, 0.2) is 10.6 Å². The molecule has 0 aromatic carbocycles. The summed E-state index contributed by atoms with van der Waals surface area (Å²) in [7, 11) is 0. The zero-order valence-corrected chi connectivity index (χ0v) is 13.8. The second-order valence-electron chi connectivity index (χ2n) is 5.59. The van der Waals surface area contributed by atoms with Crippen molar-refractivity contribution in [2.75, 3.05) is 6.54 Å². The maximum absolute atomic E-state index is 12.2. The van der Waals surface area contributed by atoms with Crippen LogP contribution in [0.2, 0.25) is 0 Å². The van der Waals surface area contributed by atoms with Gasteiger partial charge in [-0.1, -0.05) is 19.0 Å². The second kappa shape index (κ2) is 8.39. The van der Waals surface area contributed by atoms with Crippen molar-refractivity contribution in [2.45, 2.75) is 64.5 Å². The molecule has 1 aromatic rings. The second-order valence-corrected chi connectivity index (χ2v) is 5.59. The molecule has 2 rings (SSSR count). The Labute approximate surface area is 132 Å². The van der Waals surface area contributed by atoms with Crippen molar-refractivity contribution >= 4 is 18.3 Å². The Balaban J connectivity index is 0.00000220. The third-order valence-corrected chi connectivity index (χ3v) is 4.23. The summed E-state index contributed by atoms with van der Waals surface area (Å²) < 4.78 is 5.21. The highest BCUT2D eigenvalue weighted by Crippen LogP contribution is 2.22. The highest BCUT2D eigenvalue weighted by atomic mass is 35.5. The van der Waals surface area contributed by atoms with Gasteiger partial charge in [-0.3, -0.25) is 4.79 Å². The molecule has 2 atom stereocenters. The van der Waals surface area contributed by atoms with E-state index in [1.807, 2.05) is 0 Å². The highest BCUT2D eigenvalue weighted by molar-refractivity contribution is 5.91. The number of piperidine rings is 1. The minimum Gasteiger partial charge on any atom is -0.351 e. The molecule has 0 saturated carbocycles. The zero-order valence-electron chi connectivity index (χ0n) is 13.0. The van der Waals surface area contributed by atoms with Gasteiger partial charge in [-0.05, 0) is 39.2 Å². The van der Waals surface area contributed by atoms with Gasteiger partial charge in [0.25, 0.3) is 5.91 Å². The Kier molecular flexibility index (Phi) is 7.18. The number of rotatable bonds is 5. The monoisotopic (exact) mass is 315 g/mol. The van der Waals surface area contributed by atoms with E-state index < -0.39 is 0 Å². The molecule has 2 unspecified atom stereocenters. The molecular weight excluding hydrogens is 290 g/mol. The van der Waals surface area contributed by atoms with Gasteiger partial charge in [0, 0.05) is 24.1 Å². The van der Waals surface area contributed by atoms with Crippen molar-refractivity contribution in [3.8, 4) is 0 Å². The summed E-state index contributed by atoms with van der Waals surface area (Å²) in [4.78, 5) is 12.2. The molecule has 5 nitrogen and oxygen atoms in total.